The van der Waals surface area contributed by atoms with E-state index in [4.69, 9.17) is 9.47 Å². The Morgan fingerprint density at radius 1 is 1.00 bits per heavy atom. The van der Waals surface area contributed by atoms with Gasteiger partial charge in [-0.05, 0) is 58.7 Å². The van der Waals surface area contributed by atoms with Crippen LogP contribution in [-0.2, 0) is 10.0 Å². The molecule has 0 bridgehead atoms. The lowest BCUT2D eigenvalue weighted by Crippen LogP contribution is -2.32. The Morgan fingerprint density at radius 2 is 1.61 bits per heavy atom. The number of sulfonamides is 1. The molecule has 8 nitrogen and oxygen atoms in total. The molecule has 0 aliphatic carbocycles. The second-order valence-corrected chi connectivity index (χ2v) is 9.44. The first-order valence-corrected chi connectivity index (χ1v) is 12.3. The summed E-state index contributed by atoms with van der Waals surface area (Å²) in [5.74, 6) is 0.606. The summed E-state index contributed by atoms with van der Waals surface area (Å²) in [7, 11) is -3.72. The number of aromatic nitrogens is 2. The molecule has 0 radical (unpaired) electrons. The van der Waals surface area contributed by atoms with Crippen LogP contribution in [0.15, 0.2) is 23.1 Å². The predicted molar refractivity (Wildman–Crippen MR) is 117 cm³/mol. The van der Waals surface area contributed by atoms with Gasteiger partial charge < -0.3 is 9.47 Å². The highest BCUT2D eigenvalue weighted by atomic mass is 32.2. The van der Waals surface area contributed by atoms with Crippen LogP contribution in [0.3, 0.4) is 0 Å². The van der Waals surface area contributed by atoms with Gasteiger partial charge in [-0.2, -0.15) is 14.1 Å². The molecule has 1 saturated heterocycles. The number of aryl methyl sites for hydroxylation is 1. The topological polar surface area (TPSA) is 90.7 Å². The Hall–Kier alpha value is -2.39. The smallest absolute Gasteiger partial charge is 0.278 e. The Morgan fingerprint density at radius 3 is 2.23 bits per heavy atom. The van der Waals surface area contributed by atoms with Crippen LogP contribution in [0.25, 0.3) is 0 Å². The third-order valence-electron chi connectivity index (χ3n) is 5.37. The number of carbonyl (C=O) groups is 1. The second kappa shape index (κ2) is 9.82. The Labute approximate surface area is 184 Å². The van der Waals surface area contributed by atoms with Crippen molar-refractivity contribution in [1.29, 1.82) is 0 Å². The molecule has 0 saturated carbocycles. The Bertz CT molecular complexity index is 1040. The average Bonchev–Trinajstić information content (AvgIpc) is 2.91. The minimum Gasteiger partial charge on any atom is -0.490 e. The zero-order valence-electron chi connectivity index (χ0n) is 18.7. The first-order valence-electron chi connectivity index (χ1n) is 10.8. The zero-order chi connectivity index (χ0) is 22.6. The summed E-state index contributed by atoms with van der Waals surface area (Å²) >= 11 is 0. The fourth-order valence-corrected chi connectivity index (χ4v) is 5.79. The molecule has 2 heterocycles. The lowest BCUT2D eigenvalue weighted by Gasteiger charge is -2.20. The van der Waals surface area contributed by atoms with Crippen LogP contribution in [0.1, 0.15) is 61.3 Å². The highest BCUT2D eigenvalue weighted by molar-refractivity contribution is 7.89. The van der Waals surface area contributed by atoms with Crippen molar-refractivity contribution in [2.45, 2.75) is 58.3 Å². The second-order valence-electron chi connectivity index (χ2n) is 7.56. The molecule has 31 heavy (non-hydrogen) atoms. The quantitative estimate of drug-likeness (QED) is 0.642. The maximum absolute atomic E-state index is 13.3. The van der Waals surface area contributed by atoms with Gasteiger partial charge >= 0.3 is 0 Å². The van der Waals surface area contributed by atoms with Gasteiger partial charge in [-0.15, -0.1) is 0 Å². The summed E-state index contributed by atoms with van der Waals surface area (Å²) in [5.41, 5.74) is 0.987. The van der Waals surface area contributed by atoms with Gasteiger partial charge in [0.25, 0.3) is 5.91 Å². The molecule has 1 aliphatic heterocycles. The number of ether oxygens (including phenoxy) is 2. The van der Waals surface area contributed by atoms with E-state index in [2.05, 4.69) is 5.10 Å². The summed E-state index contributed by atoms with van der Waals surface area (Å²) < 4.78 is 40.5. The summed E-state index contributed by atoms with van der Waals surface area (Å²) in [6, 6.07) is 4.92. The molecule has 0 N–H and O–H groups in total. The molecule has 2 aromatic rings. The fourth-order valence-electron chi connectivity index (χ4n) is 3.92. The van der Waals surface area contributed by atoms with Crippen molar-refractivity contribution in [2.75, 3.05) is 26.3 Å². The molecule has 0 atom stereocenters. The lowest BCUT2D eigenvalue weighted by molar-refractivity contribution is 0.0941. The SMILES string of the molecule is CCOc1ccc(C(=O)n2nc(C)c(S(=O)(=O)N3CCCCCC3)c2C)cc1OCC. The van der Waals surface area contributed by atoms with Gasteiger partial charge in [-0.3, -0.25) is 4.79 Å². The maximum atomic E-state index is 13.3. The van der Waals surface area contributed by atoms with Crippen molar-refractivity contribution < 1.29 is 22.7 Å². The van der Waals surface area contributed by atoms with Crippen LogP contribution in [0.4, 0.5) is 0 Å². The molecule has 170 valence electrons. The monoisotopic (exact) mass is 449 g/mol. The highest BCUT2D eigenvalue weighted by Crippen LogP contribution is 2.30. The van der Waals surface area contributed by atoms with Crippen LogP contribution in [-0.4, -0.2) is 54.7 Å². The van der Waals surface area contributed by atoms with Crippen LogP contribution in [0.2, 0.25) is 0 Å². The van der Waals surface area contributed by atoms with E-state index in [-0.39, 0.29) is 4.90 Å². The molecule has 0 amide bonds. The van der Waals surface area contributed by atoms with Crippen molar-refractivity contribution in [1.82, 2.24) is 14.1 Å². The van der Waals surface area contributed by atoms with E-state index in [1.807, 2.05) is 13.8 Å². The first kappa shape index (κ1) is 23.3. The molecular weight excluding hydrogens is 418 g/mol. The first-order chi connectivity index (χ1) is 14.8. The minimum atomic E-state index is -3.72. The fraction of sp³-hybridized carbons (Fsp3) is 0.545. The van der Waals surface area contributed by atoms with Gasteiger partial charge in [0, 0.05) is 18.7 Å². The molecular formula is C22H31N3O5S. The number of carbonyl (C=O) groups excluding carboxylic acids is 1. The number of hydrogen-bond donors (Lipinski definition) is 0. The number of nitrogens with zero attached hydrogens (tertiary/aromatic N) is 3. The van der Waals surface area contributed by atoms with Crippen molar-refractivity contribution in [2.24, 2.45) is 0 Å². The highest BCUT2D eigenvalue weighted by Gasteiger charge is 2.32. The largest absolute Gasteiger partial charge is 0.490 e. The third kappa shape index (κ3) is 4.77. The molecule has 9 heteroatoms. The van der Waals surface area contributed by atoms with Crippen molar-refractivity contribution in [3.05, 3.63) is 35.2 Å². The van der Waals surface area contributed by atoms with E-state index in [9.17, 15) is 13.2 Å². The van der Waals surface area contributed by atoms with Crippen molar-refractivity contribution >= 4 is 15.9 Å². The molecule has 3 rings (SSSR count). The third-order valence-corrected chi connectivity index (χ3v) is 7.52. The van der Waals surface area contributed by atoms with Crippen molar-refractivity contribution in [3.63, 3.8) is 0 Å². The standard InChI is InChI=1S/C22H31N3O5S/c1-5-29-19-12-11-18(15-20(19)30-6-2)22(26)25-17(4)21(16(3)23-25)31(27,28)24-13-9-7-8-10-14-24/h11-12,15H,5-10,13-14H2,1-4H3. The van der Waals surface area contributed by atoms with E-state index in [0.717, 1.165) is 25.7 Å². The molecule has 1 aromatic heterocycles. The van der Waals surface area contributed by atoms with Crippen LogP contribution in [0, 0.1) is 13.8 Å². The minimum absolute atomic E-state index is 0.124. The van der Waals surface area contributed by atoms with Crippen molar-refractivity contribution in [3.8, 4) is 11.5 Å². The van der Waals surface area contributed by atoms with Crippen LogP contribution >= 0.6 is 0 Å². The number of benzene rings is 1. The molecule has 0 unspecified atom stereocenters. The maximum Gasteiger partial charge on any atom is 0.278 e. The van der Waals surface area contributed by atoms with Gasteiger partial charge in [-0.1, -0.05) is 12.8 Å². The molecule has 1 aliphatic rings. The lowest BCUT2D eigenvalue weighted by atomic mass is 10.2. The van der Waals surface area contributed by atoms with Crippen LogP contribution in [0.5, 0.6) is 11.5 Å². The normalized spacial score (nSPS) is 15.5. The van der Waals surface area contributed by atoms with Crippen LogP contribution < -0.4 is 9.47 Å². The average molecular weight is 450 g/mol. The van der Waals surface area contributed by atoms with E-state index in [1.54, 1.807) is 32.0 Å². The Kier molecular flexibility index (Phi) is 7.38. The molecule has 0 spiro atoms. The molecule has 1 aromatic carbocycles. The summed E-state index contributed by atoms with van der Waals surface area (Å²) in [4.78, 5) is 13.3. The summed E-state index contributed by atoms with van der Waals surface area (Å²) in [6.45, 7) is 8.88. The van der Waals surface area contributed by atoms with Gasteiger partial charge in [-0.25, -0.2) is 8.42 Å². The van der Waals surface area contributed by atoms with E-state index >= 15 is 0 Å². The summed E-state index contributed by atoms with van der Waals surface area (Å²) in [6.07, 6.45) is 3.75. The van der Waals surface area contributed by atoms with Gasteiger partial charge in [0.15, 0.2) is 11.5 Å². The van der Waals surface area contributed by atoms with Gasteiger partial charge in [0.05, 0.1) is 24.6 Å². The predicted octanol–water partition coefficient (Wildman–Crippen LogP) is 3.55. The van der Waals surface area contributed by atoms with E-state index in [0.29, 0.717) is 54.8 Å². The Balaban J connectivity index is 1.98. The molecule has 1 fully saturated rings. The van der Waals surface area contributed by atoms with Gasteiger partial charge in [0.2, 0.25) is 10.0 Å². The number of hydrogen-bond acceptors (Lipinski definition) is 6. The van der Waals surface area contributed by atoms with E-state index < -0.39 is 15.9 Å². The zero-order valence-corrected chi connectivity index (χ0v) is 19.5. The van der Waals surface area contributed by atoms with E-state index in [1.165, 1.54) is 8.99 Å². The van der Waals surface area contributed by atoms with Gasteiger partial charge in [0.1, 0.15) is 4.90 Å². The number of rotatable bonds is 7. The summed E-state index contributed by atoms with van der Waals surface area (Å²) in [5, 5.41) is 4.29.